The summed E-state index contributed by atoms with van der Waals surface area (Å²) in [5, 5.41) is 10.4. The first kappa shape index (κ1) is 19.9. The van der Waals surface area contributed by atoms with Crippen LogP contribution in [0.5, 0.6) is 0 Å². The van der Waals surface area contributed by atoms with Gasteiger partial charge in [-0.25, -0.2) is 14.4 Å². The molecule has 0 amide bonds. The SMILES string of the molecule is Nc1nc(CSc2nnc(-c3ccc(F)cc3)n2CC2CCCO2)nc2ccccc12. The zero-order chi connectivity index (χ0) is 21.2. The maximum Gasteiger partial charge on any atom is 0.192 e. The second kappa shape index (κ2) is 8.60. The highest BCUT2D eigenvalue weighted by atomic mass is 32.2. The monoisotopic (exact) mass is 436 g/mol. The van der Waals surface area contributed by atoms with Crippen molar-refractivity contribution in [2.45, 2.75) is 36.4 Å². The lowest BCUT2D eigenvalue weighted by Gasteiger charge is -2.14. The van der Waals surface area contributed by atoms with Gasteiger partial charge in [-0.2, -0.15) is 0 Å². The molecule has 0 bridgehead atoms. The van der Waals surface area contributed by atoms with Crippen LogP contribution in [0.25, 0.3) is 22.3 Å². The van der Waals surface area contributed by atoms with Crippen molar-refractivity contribution < 1.29 is 9.13 Å². The molecule has 0 radical (unpaired) electrons. The molecule has 1 fully saturated rings. The lowest BCUT2D eigenvalue weighted by Crippen LogP contribution is -2.16. The predicted molar refractivity (Wildman–Crippen MR) is 118 cm³/mol. The van der Waals surface area contributed by atoms with E-state index in [2.05, 4.69) is 20.2 Å². The van der Waals surface area contributed by atoms with Gasteiger partial charge in [-0.05, 0) is 49.2 Å². The Labute approximate surface area is 182 Å². The van der Waals surface area contributed by atoms with Crippen LogP contribution >= 0.6 is 11.8 Å². The molecule has 2 N–H and O–H groups in total. The lowest BCUT2D eigenvalue weighted by molar-refractivity contribution is 0.0953. The summed E-state index contributed by atoms with van der Waals surface area (Å²) in [4.78, 5) is 9.07. The van der Waals surface area contributed by atoms with Gasteiger partial charge in [0, 0.05) is 17.6 Å². The Morgan fingerprint density at radius 3 is 2.74 bits per heavy atom. The van der Waals surface area contributed by atoms with E-state index in [9.17, 15) is 4.39 Å². The van der Waals surface area contributed by atoms with Crippen LogP contribution in [0.1, 0.15) is 18.7 Å². The fraction of sp³-hybridized carbons (Fsp3) is 0.273. The molecule has 1 unspecified atom stereocenters. The molecule has 3 heterocycles. The van der Waals surface area contributed by atoms with Crippen LogP contribution in [-0.2, 0) is 17.0 Å². The Morgan fingerprint density at radius 1 is 1.10 bits per heavy atom. The van der Waals surface area contributed by atoms with E-state index in [0.29, 0.717) is 29.8 Å². The Kier molecular flexibility index (Phi) is 5.52. The van der Waals surface area contributed by atoms with Crippen LogP contribution in [0, 0.1) is 5.82 Å². The number of fused-ring (bicyclic) bond motifs is 1. The predicted octanol–water partition coefficient (Wildman–Crippen LogP) is 4.08. The number of aromatic nitrogens is 5. The number of halogens is 1. The Bertz CT molecular complexity index is 1210. The molecule has 2 aromatic heterocycles. The molecule has 0 aliphatic carbocycles. The van der Waals surface area contributed by atoms with E-state index >= 15 is 0 Å². The largest absolute Gasteiger partial charge is 0.383 e. The van der Waals surface area contributed by atoms with Gasteiger partial charge in [0.05, 0.1) is 23.9 Å². The van der Waals surface area contributed by atoms with Crippen molar-refractivity contribution in [3.05, 3.63) is 60.2 Å². The number of thioether (sulfide) groups is 1. The number of nitrogens with two attached hydrogens (primary N) is 1. The number of rotatable bonds is 6. The molecule has 1 atom stereocenters. The summed E-state index contributed by atoms with van der Waals surface area (Å²) in [6.45, 7) is 1.41. The third kappa shape index (κ3) is 4.24. The van der Waals surface area contributed by atoms with Gasteiger partial charge in [-0.15, -0.1) is 10.2 Å². The van der Waals surface area contributed by atoms with Crippen LogP contribution < -0.4 is 5.73 Å². The van der Waals surface area contributed by atoms with Crippen molar-refractivity contribution in [2.24, 2.45) is 0 Å². The zero-order valence-corrected chi connectivity index (χ0v) is 17.6. The molecule has 2 aromatic carbocycles. The molecular formula is C22H21FN6OS. The number of anilines is 1. The van der Waals surface area contributed by atoms with E-state index in [1.807, 2.05) is 28.8 Å². The van der Waals surface area contributed by atoms with E-state index in [4.69, 9.17) is 10.5 Å². The molecule has 1 saturated heterocycles. The second-order valence-electron chi connectivity index (χ2n) is 7.39. The quantitative estimate of drug-likeness (QED) is 0.455. The van der Waals surface area contributed by atoms with Gasteiger partial charge in [0.2, 0.25) is 0 Å². The van der Waals surface area contributed by atoms with Crippen molar-refractivity contribution in [1.82, 2.24) is 24.7 Å². The first-order chi connectivity index (χ1) is 15.2. The molecule has 4 aromatic rings. The maximum atomic E-state index is 13.4. The second-order valence-corrected chi connectivity index (χ2v) is 8.33. The normalized spacial score (nSPS) is 16.2. The first-order valence-electron chi connectivity index (χ1n) is 10.1. The number of ether oxygens (including phenoxy) is 1. The zero-order valence-electron chi connectivity index (χ0n) is 16.7. The van der Waals surface area contributed by atoms with Crippen molar-refractivity contribution in [2.75, 3.05) is 12.3 Å². The summed E-state index contributed by atoms with van der Waals surface area (Å²) < 4.78 is 21.3. The fourth-order valence-electron chi connectivity index (χ4n) is 3.71. The van der Waals surface area contributed by atoms with Crippen LogP contribution in [0.4, 0.5) is 10.2 Å². The minimum atomic E-state index is -0.283. The summed E-state index contributed by atoms with van der Waals surface area (Å²) in [7, 11) is 0. The summed E-state index contributed by atoms with van der Waals surface area (Å²) in [5.74, 6) is 2.01. The molecule has 0 saturated carbocycles. The highest BCUT2D eigenvalue weighted by Crippen LogP contribution is 2.29. The third-order valence-corrected chi connectivity index (χ3v) is 6.20. The Morgan fingerprint density at radius 2 is 1.94 bits per heavy atom. The summed E-state index contributed by atoms with van der Waals surface area (Å²) in [6.07, 6.45) is 2.16. The number of benzene rings is 2. The average Bonchev–Trinajstić information content (AvgIpc) is 3.44. The molecule has 1 aliphatic heterocycles. The van der Waals surface area contributed by atoms with Gasteiger partial charge in [-0.1, -0.05) is 23.9 Å². The summed E-state index contributed by atoms with van der Waals surface area (Å²) in [5.41, 5.74) is 7.74. The molecule has 7 nitrogen and oxygen atoms in total. The Balaban J connectivity index is 1.43. The standard InChI is InChI=1S/C22H21FN6OS/c23-15-9-7-14(8-10-15)21-27-28-22(29(21)12-16-4-3-11-30-16)31-13-19-25-18-6-2-1-5-17(18)20(24)26-19/h1-2,5-10,16H,3-4,11-13H2,(H2,24,25,26). The minimum absolute atomic E-state index is 0.113. The van der Waals surface area contributed by atoms with Gasteiger partial charge in [-0.3, -0.25) is 4.57 Å². The first-order valence-corrected chi connectivity index (χ1v) is 11.1. The van der Waals surface area contributed by atoms with Crippen LogP contribution in [0.3, 0.4) is 0 Å². The van der Waals surface area contributed by atoms with Gasteiger partial charge in [0.1, 0.15) is 17.5 Å². The summed E-state index contributed by atoms with van der Waals surface area (Å²) in [6, 6.07) is 14.0. The van der Waals surface area contributed by atoms with Gasteiger partial charge in [0.15, 0.2) is 11.0 Å². The van der Waals surface area contributed by atoms with E-state index in [-0.39, 0.29) is 11.9 Å². The van der Waals surface area contributed by atoms with Crippen molar-refractivity contribution >= 4 is 28.5 Å². The van der Waals surface area contributed by atoms with E-state index < -0.39 is 0 Å². The average molecular weight is 437 g/mol. The molecule has 0 spiro atoms. The molecular weight excluding hydrogens is 415 g/mol. The van der Waals surface area contributed by atoms with Crippen molar-refractivity contribution in [1.29, 1.82) is 0 Å². The highest BCUT2D eigenvalue weighted by molar-refractivity contribution is 7.98. The van der Waals surface area contributed by atoms with E-state index in [1.54, 1.807) is 12.1 Å². The molecule has 1 aliphatic rings. The van der Waals surface area contributed by atoms with Crippen LogP contribution in [0.15, 0.2) is 53.7 Å². The fourth-order valence-corrected chi connectivity index (χ4v) is 4.51. The molecule has 5 rings (SSSR count). The lowest BCUT2D eigenvalue weighted by atomic mass is 10.2. The number of para-hydroxylation sites is 1. The number of hydrogen-bond acceptors (Lipinski definition) is 7. The summed E-state index contributed by atoms with van der Waals surface area (Å²) >= 11 is 1.50. The van der Waals surface area contributed by atoms with Crippen molar-refractivity contribution in [3.8, 4) is 11.4 Å². The number of nitrogen functional groups attached to an aromatic ring is 1. The van der Waals surface area contributed by atoms with E-state index in [1.165, 1.54) is 23.9 Å². The van der Waals surface area contributed by atoms with Gasteiger partial charge < -0.3 is 10.5 Å². The third-order valence-electron chi connectivity index (χ3n) is 5.24. The topological polar surface area (TPSA) is 91.7 Å². The number of hydrogen-bond donors (Lipinski definition) is 1. The van der Waals surface area contributed by atoms with E-state index in [0.717, 1.165) is 41.1 Å². The van der Waals surface area contributed by atoms with Crippen LogP contribution in [-0.4, -0.2) is 37.4 Å². The highest BCUT2D eigenvalue weighted by Gasteiger charge is 2.22. The minimum Gasteiger partial charge on any atom is -0.383 e. The maximum absolute atomic E-state index is 13.4. The molecule has 9 heteroatoms. The smallest absolute Gasteiger partial charge is 0.192 e. The number of nitrogens with zero attached hydrogens (tertiary/aromatic N) is 5. The molecule has 31 heavy (non-hydrogen) atoms. The van der Waals surface area contributed by atoms with Gasteiger partial charge in [0.25, 0.3) is 0 Å². The van der Waals surface area contributed by atoms with Crippen molar-refractivity contribution in [3.63, 3.8) is 0 Å². The van der Waals surface area contributed by atoms with Crippen LogP contribution in [0.2, 0.25) is 0 Å². The Hall–Kier alpha value is -3.04. The molecule has 158 valence electrons. The van der Waals surface area contributed by atoms with Gasteiger partial charge >= 0.3 is 0 Å².